The van der Waals surface area contributed by atoms with Crippen LogP contribution in [0.4, 0.5) is 0 Å². The smallest absolute Gasteiger partial charge is 0.191 e. The molecule has 0 unspecified atom stereocenters. The van der Waals surface area contributed by atoms with Crippen molar-refractivity contribution >= 4 is 29.9 Å². The van der Waals surface area contributed by atoms with Gasteiger partial charge in [0.15, 0.2) is 5.96 Å². The molecule has 0 bridgehead atoms. The number of piperidine rings is 1. The molecule has 1 aliphatic rings. The van der Waals surface area contributed by atoms with E-state index in [9.17, 15) is 0 Å². The molecule has 0 amide bonds. The van der Waals surface area contributed by atoms with Gasteiger partial charge in [0.2, 0.25) is 0 Å². The van der Waals surface area contributed by atoms with Crippen LogP contribution >= 0.6 is 24.0 Å². The Morgan fingerprint density at radius 1 is 1.36 bits per heavy atom. The summed E-state index contributed by atoms with van der Waals surface area (Å²) < 4.78 is 0. The molecule has 0 radical (unpaired) electrons. The largest absolute Gasteiger partial charge is 0.357 e. The van der Waals surface area contributed by atoms with Gasteiger partial charge in [-0.1, -0.05) is 19.9 Å². The number of rotatable bonds is 6. The van der Waals surface area contributed by atoms with Crippen LogP contribution in [0.15, 0.2) is 23.3 Å². The Bertz CT molecular complexity index is 524. The Morgan fingerprint density at radius 3 is 2.68 bits per heavy atom. The minimum absolute atomic E-state index is 0. The summed E-state index contributed by atoms with van der Waals surface area (Å²) in [5, 5.41) is 6.97. The van der Waals surface area contributed by atoms with Crippen molar-refractivity contribution in [1.29, 1.82) is 0 Å². The molecular weight excluding hydrogens is 425 g/mol. The van der Waals surface area contributed by atoms with Crippen LogP contribution < -0.4 is 10.6 Å². The molecule has 2 N–H and O–H groups in total. The third kappa shape index (κ3) is 7.90. The quantitative estimate of drug-likeness (QED) is 0.390. The van der Waals surface area contributed by atoms with Crippen molar-refractivity contribution in [1.82, 2.24) is 20.5 Å². The molecule has 0 aliphatic carbocycles. The molecule has 6 heteroatoms. The minimum atomic E-state index is 0. The van der Waals surface area contributed by atoms with Crippen molar-refractivity contribution in [2.75, 3.05) is 26.2 Å². The van der Waals surface area contributed by atoms with Gasteiger partial charge in [0.25, 0.3) is 0 Å². The molecule has 0 aromatic carbocycles. The maximum Gasteiger partial charge on any atom is 0.191 e. The molecule has 1 saturated heterocycles. The summed E-state index contributed by atoms with van der Waals surface area (Å²) in [5.74, 6) is 1.65. The van der Waals surface area contributed by atoms with E-state index < -0.39 is 0 Å². The number of aryl methyl sites for hydroxylation is 1. The average Bonchev–Trinajstić information content (AvgIpc) is 2.55. The summed E-state index contributed by atoms with van der Waals surface area (Å²) in [7, 11) is 0. The summed E-state index contributed by atoms with van der Waals surface area (Å²) in [6, 6.07) is 4.57. The maximum absolute atomic E-state index is 4.72. The highest BCUT2D eigenvalue weighted by Crippen LogP contribution is 2.12. The van der Waals surface area contributed by atoms with Gasteiger partial charge in [0, 0.05) is 38.4 Å². The normalized spacial score (nSPS) is 16.6. The van der Waals surface area contributed by atoms with E-state index in [1.54, 1.807) is 0 Å². The van der Waals surface area contributed by atoms with Gasteiger partial charge < -0.3 is 15.5 Å². The summed E-state index contributed by atoms with van der Waals surface area (Å²) in [5.41, 5.74) is 2.24. The van der Waals surface area contributed by atoms with E-state index in [2.05, 4.69) is 54.3 Å². The first-order valence-corrected chi connectivity index (χ1v) is 9.26. The molecule has 0 atom stereocenters. The topological polar surface area (TPSA) is 52.6 Å². The zero-order valence-corrected chi connectivity index (χ0v) is 18.4. The molecule has 0 spiro atoms. The van der Waals surface area contributed by atoms with Gasteiger partial charge in [0.05, 0.1) is 12.2 Å². The first-order chi connectivity index (χ1) is 11.6. The summed E-state index contributed by atoms with van der Waals surface area (Å²) in [6.07, 6.45) is 4.20. The monoisotopic (exact) mass is 459 g/mol. The van der Waals surface area contributed by atoms with Gasteiger partial charge in [0.1, 0.15) is 0 Å². The van der Waals surface area contributed by atoms with Crippen LogP contribution in [0.5, 0.6) is 0 Å². The van der Waals surface area contributed by atoms with Crippen LogP contribution in [0.3, 0.4) is 0 Å². The summed E-state index contributed by atoms with van der Waals surface area (Å²) in [4.78, 5) is 11.7. The second kappa shape index (κ2) is 11.7. The number of hydrogen-bond acceptors (Lipinski definition) is 3. The van der Waals surface area contributed by atoms with E-state index in [0.29, 0.717) is 12.6 Å². The number of aromatic nitrogens is 1. The number of nitrogens with zero attached hydrogens (tertiary/aromatic N) is 3. The number of hydrogen-bond donors (Lipinski definition) is 2. The lowest BCUT2D eigenvalue weighted by Gasteiger charge is -2.34. The van der Waals surface area contributed by atoms with E-state index in [0.717, 1.165) is 24.1 Å². The zero-order chi connectivity index (χ0) is 17.4. The Balaban J connectivity index is 0.00000312. The van der Waals surface area contributed by atoms with Crippen molar-refractivity contribution < 1.29 is 0 Å². The third-order valence-electron chi connectivity index (χ3n) is 4.40. The fourth-order valence-electron chi connectivity index (χ4n) is 3.13. The zero-order valence-electron chi connectivity index (χ0n) is 16.1. The summed E-state index contributed by atoms with van der Waals surface area (Å²) >= 11 is 0. The van der Waals surface area contributed by atoms with Gasteiger partial charge in [-0.3, -0.25) is 4.98 Å². The molecular formula is C19H34IN5. The number of pyridine rings is 1. The lowest BCUT2D eigenvalue weighted by Crippen LogP contribution is -2.49. The number of nitrogens with one attached hydrogen (secondary N) is 2. The Hall–Kier alpha value is -0.890. The van der Waals surface area contributed by atoms with Crippen LogP contribution in [-0.2, 0) is 6.54 Å². The fourth-order valence-corrected chi connectivity index (χ4v) is 3.13. The highest BCUT2D eigenvalue weighted by molar-refractivity contribution is 14.0. The molecule has 1 aromatic rings. The summed E-state index contributed by atoms with van der Waals surface area (Å²) in [6.45, 7) is 13.8. The number of halogens is 1. The number of aliphatic imine (C=N–C) groups is 1. The van der Waals surface area contributed by atoms with Gasteiger partial charge in [-0.15, -0.1) is 24.0 Å². The Morgan fingerprint density at radius 2 is 2.08 bits per heavy atom. The fraction of sp³-hybridized carbons (Fsp3) is 0.684. The highest BCUT2D eigenvalue weighted by Gasteiger charge is 2.20. The molecule has 2 rings (SSSR count). The second-order valence-electron chi connectivity index (χ2n) is 7.08. The molecule has 25 heavy (non-hydrogen) atoms. The van der Waals surface area contributed by atoms with Gasteiger partial charge in [-0.25, -0.2) is 4.99 Å². The van der Waals surface area contributed by atoms with Crippen LogP contribution in [-0.4, -0.2) is 48.1 Å². The third-order valence-corrected chi connectivity index (χ3v) is 4.40. The van der Waals surface area contributed by atoms with Crippen LogP contribution in [0.25, 0.3) is 0 Å². The lowest BCUT2D eigenvalue weighted by atomic mass is 10.0. The molecule has 1 fully saturated rings. The van der Waals surface area contributed by atoms with E-state index >= 15 is 0 Å². The van der Waals surface area contributed by atoms with Crippen molar-refractivity contribution in [3.63, 3.8) is 0 Å². The molecule has 5 nitrogen and oxygen atoms in total. The highest BCUT2D eigenvalue weighted by atomic mass is 127. The molecule has 1 aromatic heterocycles. The number of likely N-dealkylation sites (tertiary alicyclic amines) is 1. The molecule has 1 aliphatic heterocycles. The van der Waals surface area contributed by atoms with Crippen LogP contribution in [0, 0.1) is 12.8 Å². The molecule has 142 valence electrons. The van der Waals surface area contributed by atoms with Gasteiger partial charge in [-0.2, -0.15) is 0 Å². The Kier molecular flexibility index (Phi) is 10.3. The SMILES string of the molecule is CCNC(=NCc1ncccc1C)NC1CCN(CC(C)C)CC1.I. The second-order valence-corrected chi connectivity index (χ2v) is 7.08. The van der Waals surface area contributed by atoms with Crippen molar-refractivity contribution in [2.45, 2.75) is 53.1 Å². The van der Waals surface area contributed by atoms with Crippen molar-refractivity contribution in [2.24, 2.45) is 10.9 Å². The van der Waals surface area contributed by atoms with E-state index in [1.807, 2.05) is 12.3 Å². The molecule has 2 heterocycles. The molecule has 0 saturated carbocycles. The van der Waals surface area contributed by atoms with E-state index in [1.165, 1.54) is 38.0 Å². The maximum atomic E-state index is 4.72. The first kappa shape index (κ1) is 22.2. The standard InChI is InChI=1S/C19H33N5.HI/c1-5-20-19(22-13-18-16(4)7-6-10-21-18)23-17-8-11-24(12-9-17)14-15(2)3;/h6-7,10,15,17H,5,8-9,11-14H2,1-4H3,(H2,20,22,23);1H. The van der Waals surface area contributed by atoms with Gasteiger partial charge in [-0.05, 0) is 44.2 Å². The Labute approximate surface area is 170 Å². The van der Waals surface area contributed by atoms with Crippen molar-refractivity contribution in [3.8, 4) is 0 Å². The van der Waals surface area contributed by atoms with E-state index in [4.69, 9.17) is 4.99 Å². The number of guanidine groups is 1. The van der Waals surface area contributed by atoms with Gasteiger partial charge >= 0.3 is 0 Å². The predicted molar refractivity (Wildman–Crippen MR) is 117 cm³/mol. The van der Waals surface area contributed by atoms with Crippen LogP contribution in [0.1, 0.15) is 44.9 Å². The lowest BCUT2D eigenvalue weighted by molar-refractivity contribution is 0.187. The van der Waals surface area contributed by atoms with Crippen LogP contribution in [0.2, 0.25) is 0 Å². The predicted octanol–water partition coefficient (Wildman–Crippen LogP) is 3.18. The van der Waals surface area contributed by atoms with Crippen molar-refractivity contribution in [3.05, 3.63) is 29.6 Å². The van der Waals surface area contributed by atoms with E-state index in [-0.39, 0.29) is 24.0 Å². The average molecular weight is 459 g/mol. The first-order valence-electron chi connectivity index (χ1n) is 9.26. The minimum Gasteiger partial charge on any atom is -0.357 e.